The van der Waals surface area contributed by atoms with E-state index in [4.69, 9.17) is 8.83 Å². The molecular weight excluding hydrogens is 416 g/mol. The molecule has 1 amide bonds. The van der Waals surface area contributed by atoms with Gasteiger partial charge in [-0.15, -0.1) is 0 Å². The minimum atomic E-state index is -3.89. The maximum atomic E-state index is 13.2. The van der Waals surface area contributed by atoms with Crippen molar-refractivity contribution in [1.29, 1.82) is 0 Å². The number of aryl methyl sites for hydroxylation is 2. The van der Waals surface area contributed by atoms with Gasteiger partial charge in [0.05, 0.1) is 11.4 Å². The molecule has 0 unspecified atom stereocenters. The SMILES string of the molecule is Cc1ccc(S(=O)(=O)c2ccc(C(=O)N(Cc3ccc(C)o3)c3ccccn3)o2)cc1. The van der Waals surface area contributed by atoms with Crippen molar-refractivity contribution >= 4 is 21.6 Å². The van der Waals surface area contributed by atoms with E-state index in [1.54, 1.807) is 48.7 Å². The molecule has 0 aliphatic carbocycles. The Kier molecular flexibility index (Phi) is 5.48. The number of nitrogens with zero attached hydrogens (tertiary/aromatic N) is 2. The number of hydrogen-bond acceptors (Lipinski definition) is 6. The molecule has 0 atom stereocenters. The first-order chi connectivity index (χ1) is 14.8. The van der Waals surface area contributed by atoms with E-state index < -0.39 is 15.7 Å². The summed E-state index contributed by atoms with van der Waals surface area (Å²) in [6.07, 6.45) is 1.57. The van der Waals surface area contributed by atoms with Gasteiger partial charge in [0.25, 0.3) is 5.91 Å². The number of carbonyl (C=O) groups excluding carboxylic acids is 1. The van der Waals surface area contributed by atoms with Crippen molar-refractivity contribution in [2.45, 2.75) is 30.4 Å². The van der Waals surface area contributed by atoms with Crippen LogP contribution in [0.5, 0.6) is 0 Å². The molecule has 0 fully saturated rings. The molecule has 4 rings (SSSR count). The number of pyridine rings is 1. The molecule has 0 saturated heterocycles. The summed E-state index contributed by atoms with van der Waals surface area (Å²) in [5.41, 5.74) is 0.938. The highest BCUT2D eigenvalue weighted by Crippen LogP contribution is 2.25. The third kappa shape index (κ3) is 4.29. The van der Waals surface area contributed by atoms with Gasteiger partial charge >= 0.3 is 0 Å². The highest BCUT2D eigenvalue weighted by Gasteiger charge is 2.27. The number of amides is 1. The molecule has 158 valence electrons. The fraction of sp³-hybridized carbons (Fsp3) is 0.130. The van der Waals surface area contributed by atoms with E-state index in [0.717, 1.165) is 5.56 Å². The Balaban J connectivity index is 1.66. The lowest BCUT2D eigenvalue weighted by atomic mass is 10.2. The molecule has 31 heavy (non-hydrogen) atoms. The molecule has 0 bridgehead atoms. The molecule has 8 heteroatoms. The lowest BCUT2D eigenvalue weighted by Gasteiger charge is -2.19. The third-order valence-corrected chi connectivity index (χ3v) is 6.31. The van der Waals surface area contributed by atoms with E-state index in [1.807, 2.05) is 13.8 Å². The van der Waals surface area contributed by atoms with Gasteiger partial charge in [0.2, 0.25) is 14.9 Å². The van der Waals surface area contributed by atoms with Gasteiger partial charge in [-0.3, -0.25) is 9.69 Å². The monoisotopic (exact) mass is 436 g/mol. The Labute approximate surface area is 179 Å². The van der Waals surface area contributed by atoms with Crippen molar-refractivity contribution in [3.05, 3.63) is 95.8 Å². The van der Waals surface area contributed by atoms with Crippen molar-refractivity contribution in [3.63, 3.8) is 0 Å². The number of anilines is 1. The summed E-state index contributed by atoms with van der Waals surface area (Å²) in [5, 5.41) is -0.297. The van der Waals surface area contributed by atoms with Gasteiger partial charge in [-0.25, -0.2) is 13.4 Å². The molecule has 0 N–H and O–H groups in total. The normalized spacial score (nSPS) is 11.4. The van der Waals surface area contributed by atoms with Gasteiger partial charge in [-0.1, -0.05) is 23.8 Å². The second-order valence-electron chi connectivity index (χ2n) is 7.03. The molecule has 7 nitrogen and oxygen atoms in total. The zero-order valence-electron chi connectivity index (χ0n) is 17.0. The van der Waals surface area contributed by atoms with Gasteiger partial charge in [0.1, 0.15) is 17.3 Å². The molecule has 0 aliphatic heterocycles. The molecule has 0 spiro atoms. The van der Waals surface area contributed by atoms with Crippen molar-refractivity contribution in [2.75, 3.05) is 4.90 Å². The maximum Gasteiger partial charge on any atom is 0.295 e. The molecule has 3 aromatic heterocycles. The zero-order valence-corrected chi connectivity index (χ0v) is 17.8. The first-order valence-corrected chi connectivity index (χ1v) is 11.0. The molecular formula is C23H20N2O5S. The highest BCUT2D eigenvalue weighted by molar-refractivity contribution is 7.91. The van der Waals surface area contributed by atoms with Crippen LogP contribution in [0.3, 0.4) is 0 Å². The van der Waals surface area contributed by atoms with Crippen LogP contribution < -0.4 is 4.90 Å². The van der Waals surface area contributed by atoms with Crippen molar-refractivity contribution < 1.29 is 22.0 Å². The van der Waals surface area contributed by atoms with Gasteiger partial charge in [0, 0.05) is 6.20 Å². The van der Waals surface area contributed by atoms with E-state index in [9.17, 15) is 13.2 Å². The summed E-state index contributed by atoms with van der Waals surface area (Å²) < 4.78 is 36.8. The number of furan rings is 2. The van der Waals surface area contributed by atoms with Crippen molar-refractivity contribution in [3.8, 4) is 0 Å². The van der Waals surface area contributed by atoms with Crippen molar-refractivity contribution in [1.82, 2.24) is 4.98 Å². The Morgan fingerprint density at radius 3 is 2.35 bits per heavy atom. The Bertz CT molecular complexity index is 1310. The first-order valence-electron chi connectivity index (χ1n) is 9.54. The predicted octanol–water partition coefficient (Wildman–Crippen LogP) is 4.56. The number of aromatic nitrogens is 1. The number of hydrogen-bond donors (Lipinski definition) is 0. The highest BCUT2D eigenvalue weighted by atomic mass is 32.2. The zero-order chi connectivity index (χ0) is 22.0. The minimum Gasteiger partial charge on any atom is -0.464 e. The van der Waals surface area contributed by atoms with Gasteiger partial charge in [0.15, 0.2) is 5.76 Å². The van der Waals surface area contributed by atoms with Crippen LogP contribution in [-0.2, 0) is 16.4 Å². The number of benzene rings is 1. The summed E-state index contributed by atoms with van der Waals surface area (Å²) in [6, 6.07) is 17.8. The topological polar surface area (TPSA) is 93.6 Å². The standard InChI is InChI=1S/C23H20N2O5S/c1-16-6-10-19(11-7-16)31(27,28)22-13-12-20(30-22)23(26)25(21-5-3-4-14-24-21)15-18-9-8-17(2)29-18/h3-14H,15H2,1-2H3. The predicted molar refractivity (Wildman–Crippen MR) is 114 cm³/mol. The van der Waals surface area contributed by atoms with Crippen LogP contribution in [0.1, 0.15) is 27.6 Å². The molecule has 4 aromatic rings. The van der Waals surface area contributed by atoms with Crippen LogP contribution >= 0.6 is 0 Å². The summed E-state index contributed by atoms with van der Waals surface area (Å²) in [7, 11) is -3.89. The van der Waals surface area contributed by atoms with E-state index >= 15 is 0 Å². The summed E-state index contributed by atoms with van der Waals surface area (Å²) >= 11 is 0. The lowest BCUT2D eigenvalue weighted by Crippen LogP contribution is -2.30. The maximum absolute atomic E-state index is 13.2. The average molecular weight is 436 g/mol. The van der Waals surface area contributed by atoms with Crippen LogP contribution in [0.15, 0.2) is 91.7 Å². The second-order valence-corrected chi connectivity index (χ2v) is 8.91. The summed E-state index contributed by atoms with van der Waals surface area (Å²) in [6.45, 7) is 3.79. The lowest BCUT2D eigenvalue weighted by molar-refractivity contribution is 0.0950. The smallest absolute Gasteiger partial charge is 0.295 e. The summed E-state index contributed by atoms with van der Waals surface area (Å²) in [5.74, 6) is 1.03. The Hall–Kier alpha value is -3.65. The first kappa shape index (κ1) is 20.6. The van der Waals surface area contributed by atoms with Crippen LogP contribution in [0, 0.1) is 13.8 Å². The quantitative estimate of drug-likeness (QED) is 0.440. The van der Waals surface area contributed by atoms with Gasteiger partial charge in [-0.05, 0) is 62.4 Å². The number of rotatable bonds is 6. The van der Waals surface area contributed by atoms with Gasteiger partial charge in [-0.2, -0.15) is 0 Å². The Morgan fingerprint density at radius 1 is 0.935 bits per heavy atom. The van der Waals surface area contributed by atoms with Crippen LogP contribution in [0.25, 0.3) is 0 Å². The number of sulfone groups is 1. The van der Waals surface area contributed by atoms with Crippen molar-refractivity contribution in [2.24, 2.45) is 0 Å². The fourth-order valence-electron chi connectivity index (χ4n) is 3.04. The van der Waals surface area contributed by atoms with Crippen LogP contribution in [0.4, 0.5) is 5.82 Å². The Morgan fingerprint density at radius 2 is 1.71 bits per heavy atom. The third-order valence-electron chi connectivity index (χ3n) is 4.67. The van der Waals surface area contributed by atoms with E-state index in [-0.39, 0.29) is 22.3 Å². The molecule has 0 saturated carbocycles. The average Bonchev–Trinajstić information content (AvgIpc) is 3.42. The van der Waals surface area contributed by atoms with E-state index in [2.05, 4.69) is 4.98 Å². The van der Waals surface area contributed by atoms with E-state index in [0.29, 0.717) is 17.3 Å². The molecule has 0 radical (unpaired) electrons. The van der Waals surface area contributed by atoms with Crippen LogP contribution in [-0.4, -0.2) is 19.3 Å². The van der Waals surface area contributed by atoms with Crippen LogP contribution in [0.2, 0.25) is 0 Å². The molecule has 1 aromatic carbocycles. The number of carbonyl (C=O) groups is 1. The largest absolute Gasteiger partial charge is 0.464 e. The van der Waals surface area contributed by atoms with E-state index in [1.165, 1.54) is 29.2 Å². The molecule has 3 heterocycles. The fourth-order valence-corrected chi connectivity index (χ4v) is 4.22. The molecule has 0 aliphatic rings. The van der Waals surface area contributed by atoms with Gasteiger partial charge < -0.3 is 8.83 Å². The minimum absolute atomic E-state index is 0.0964. The second kappa shape index (κ2) is 8.23. The summed E-state index contributed by atoms with van der Waals surface area (Å²) in [4.78, 5) is 18.9.